The highest BCUT2D eigenvalue weighted by Gasteiger charge is 2.23. The van der Waals surface area contributed by atoms with Crippen LogP contribution in [0.2, 0.25) is 0 Å². The third-order valence-corrected chi connectivity index (χ3v) is 3.59. The van der Waals surface area contributed by atoms with Gasteiger partial charge in [0.15, 0.2) is 11.6 Å². The number of hydrogen-bond acceptors (Lipinski definition) is 2. The Bertz CT molecular complexity index is 459. The van der Waals surface area contributed by atoms with E-state index in [1.807, 2.05) is 0 Å². The minimum absolute atomic E-state index is 0.101. The molecule has 0 aliphatic carbocycles. The second kappa shape index (κ2) is 6.10. The van der Waals surface area contributed by atoms with Gasteiger partial charge in [0.25, 0.3) is 0 Å². The van der Waals surface area contributed by atoms with Crippen molar-refractivity contribution in [3.05, 3.63) is 35.4 Å². The maximum absolute atomic E-state index is 13.5. The second-order valence-corrected chi connectivity index (χ2v) is 4.89. The van der Waals surface area contributed by atoms with Gasteiger partial charge in [-0.05, 0) is 25.5 Å². The maximum atomic E-state index is 13.5. The first-order chi connectivity index (χ1) is 9.09. The molecule has 0 saturated carbocycles. The van der Waals surface area contributed by atoms with Crippen molar-refractivity contribution in [2.45, 2.75) is 25.3 Å². The van der Waals surface area contributed by atoms with Crippen LogP contribution in [0.1, 0.15) is 18.4 Å². The summed E-state index contributed by atoms with van der Waals surface area (Å²) < 4.78 is 26.6. The fourth-order valence-corrected chi connectivity index (χ4v) is 2.34. The Morgan fingerprint density at radius 3 is 2.95 bits per heavy atom. The topological polar surface area (TPSA) is 32.3 Å². The van der Waals surface area contributed by atoms with Crippen LogP contribution in [0.15, 0.2) is 18.2 Å². The van der Waals surface area contributed by atoms with Gasteiger partial charge in [0.05, 0.1) is 6.42 Å². The lowest BCUT2D eigenvalue weighted by Gasteiger charge is -2.31. The summed E-state index contributed by atoms with van der Waals surface area (Å²) in [5.41, 5.74) is 0.112. The Labute approximate surface area is 111 Å². The van der Waals surface area contributed by atoms with Crippen LogP contribution in [0.25, 0.3) is 0 Å². The van der Waals surface area contributed by atoms with Crippen LogP contribution in [0, 0.1) is 11.6 Å². The van der Waals surface area contributed by atoms with Crippen LogP contribution in [0.5, 0.6) is 0 Å². The Morgan fingerprint density at radius 1 is 1.47 bits per heavy atom. The molecule has 1 N–H and O–H groups in total. The minimum atomic E-state index is -0.925. The summed E-state index contributed by atoms with van der Waals surface area (Å²) in [7, 11) is 1.72. The lowest BCUT2D eigenvalue weighted by molar-refractivity contribution is -0.131. The number of benzene rings is 1. The summed E-state index contributed by atoms with van der Waals surface area (Å²) in [6.45, 7) is 1.73. The monoisotopic (exact) mass is 268 g/mol. The molecule has 1 unspecified atom stereocenters. The molecule has 1 aliphatic heterocycles. The Kier molecular flexibility index (Phi) is 4.47. The predicted molar refractivity (Wildman–Crippen MR) is 68.7 cm³/mol. The van der Waals surface area contributed by atoms with Crippen LogP contribution in [0.3, 0.4) is 0 Å². The number of amides is 1. The lowest BCUT2D eigenvalue weighted by Crippen LogP contribution is -2.47. The molecule has 1 fully saturated rings. The third-order valence-electron chi connectivity index (χ3n) is 3.59. The average molecular weight is 268 g/mol. The first kappa shape index (κ1) is 13.9. The van der Waals surface area contributed by atoms with Gasteiger partial charge in [-0.25, -0.2) is 8.78 Å². The molecule has 0 aromatic heterocycles. The first-order valence-corrected chi connectivity index (χ1v) is 6.49. The highest BCUT2D eigenvalue weighted by atomic mass is 19.2. The molecular weight excluding hydrogens is 250 g/mol. The van der Waals surface area contributed by atoms with E-state index < -0.39 is 11.6 Å². The molecule has 3 nitrogen and oxygen atoms in total. The third kappa shape index (κ3) is 3.29. The van der Waals surface area contributed by atoms with Crippen molar-refractivity contribution >= 4 is 5.91 Å². The predicted octanol–water partition coefficient (Wildman–Crippen LogP) is 1.72. The molecular formula is C14H18F2N2O. The molecule has 1 aromatic rings. The highest BCUT2D eigenvalue weighted by molar-refractivity contribution is 5.78. The van der Waals surface area contributed by atoms with Crippen molar-refractivity contribution in [2.24, 2.45) is 0 Å². The van der Waals surface area contributed by atoms with Crippen molar-refractivity contribution in [2.75, 3.05) is 20.1 Å². The number of piperidine rings is 1. The quantitative estimate of drug-likeness (QED) is 0.905. The van der Waals surface area contributed by atoms with Crippen LogP contribution in [-0.4, -0.2) is 37.0 Å². The number of hydrogen-bond donors (Lipinski definition) is 1. The summed E-state index contributed by atoms with van der Waals surface area (Å²) in [5, 5.41) is 3.23. The van der Waals surface area contributed by atoms with Crippen molar-refractivity contribution in [1.82, 2.24) is 10.2 Å². The SMILES string of the molecule is CN(C(=O)Cc1cccc(F)c1F)C1CCCNC1. The van der Waals surface area contributed by atoms with Crippen LogP contribution >= 0.6 is 0 Å². The van der Waals surface area contributed by atoms with E-state index in [4.69, 9.17) is 0 Å². The fraction of sp³-hybridized carbons (Fsp3) is 0.500. The zero-order valence-electron chi connectivity index (χ0n) is 11.0. The van der Waals surface area contributed by atoms with E-state index >= 15 is 0 Å². The Hall–Kier alpha value is -1.49. The van der Waals surface area contributed by atoms with E-state index in [0.717, 1.165) is 32.0 Å². The van der Waals surface area contributed by atoms with Crippen molar-refractivity contribution in [1.29, 1.82) is 0 Å². The second-order valence-electron chi connectivity index (χ2n) is 4.89. The zero-order valence-corrected chi connectivity index (χ0v) is 11.0. The Morgan fingerprint density at radius 2 is 2.26 bits per heavy atom. The number of nitrogens with one attached hydrogen (secondary N) is 1. The minimum Gasteiger partial charge on any atom is -0.341 e. The first-order valence-electron chi connectivity index (χ1n) is 6.49. The summed E-state index contributed by atoms with van der Waals surface area (Å²) in [6, 6.07) is 4.06. The van der Waals surface area contributed by atoms with E-state index in [0.29, 0.717) is 0 Å². The van der Waals surface area contributed by atoms with E-state index in [9.17, 15) is 13.6 Å². The molecule has 19 heavy (non-hydrogen) atoms. The van der Waals surface area contributed by atoms with Gasteiger partial charge < -0.3 is 10.2 Å². The van der Waals surface area contributed by atoms with Crippen molar-refractivity contribution in [3.8, 4) is 0 Å². The molecule has 1 saturated heterocycles. The van der Waals surface area contributed by atoms with E-state index in [1.54, 1.807) is 11.9 Å². The van der Waals surface area contributed by atoms with Gasteiger partial charge >= 0.3 is 0 Å². The van der Waals surface area contributed by atoms with Gasteiger partial charge in [0, 0.05) is 25.2 Å². The molecule has 5 heteroatoms. The number of nitrogens with zero attached hydrogens (tertiary/aromatic N) is 1. The smallest absolute Gasteiger partial charge is 0.227 e. The van der Waals surface area contributed by atoms with Crippen LogP contribution in [-0.2, 0) is 11.2 Å². The molecule has 1 aliphatic rings. The Balaban J connectivity index is 2.01. The van der Waals surface area contributed by atoms with Crippen LogP contribution < -0.4 is 5.32 Å². The molecule has 104 valence electrons. The van der Waals surface area contributed by atoms with Gasteiger partial charge in [-0.15, -0.1) is 0 Å². The largest absolute Gasteiger partial charge is 0.341 e. The summed E-state index contributed by atoms with van der Waals surface area (Å²) >= 11 is 0. The van der Waals surface area contributed by atoms with Gasteiger partial charge in [-0.1, -0.05) is 12.1 Å². The summed E-state index contributed by atoms with van der Waals surface area (Å²) in [6.07, 6.45) is 1.87. The number of likely N-dealkylation sites (N-methyl/N-ethyl adjacent to an activating group) is 1. The fourth-order valence-electron chi connectivity index (χ4n) is 2.34. The number of carbonyl (C=O) groups excluding carboxylic acids is 1. The standard InChI is InChI=1S/C14H18F2N2O/c1-18(11-5-3-7-17-9-11)13(19)8-10-4-2-6-12(15)14(10)16/h2,4,6,11,17H,3,5,7-9H2,1H3. The molecule has 1 aromatic carbocycles. The zero-order chi connectivity index (χ0) is 13.8. The van der Waals surface area contributed by atoms with Gasteiger partial charge in [-0.2, -0.15) is 0 Å². The van der Waals surface area contributed by atoms with E-state index in [-0.39, 0.29) is 23.9 Å². The molecule has 1 heterocycles. The van der Waals surface area contributed by atoms with Crippen LogP contribution in [0.4, 0.5) is 8.78 Å². The molecule has 0 spiro atoms. The van der Waals surface area contributed by atoms with Gasteiger partial charge in [0.2, 0.25) is 5.91 Å². The number of carbonyl (C=O) groups is 1. The van der Waals surface area contributed by atoms with E-state index in [1.165, 1.54) is 12.1 Å². The maximum Gasteiger partial charge on any atom is 0.227 e. The summed E-state index contributed by atoms with van der Waals surface area (Å²) in [4.78, 5) is 13.7. The van der Waals surface area contributed by atoms with Crippen molar-refractivity contribution in [3.63, 3.8) is 0 Å². The number of rotatable bonds is 3. The normalized spacial score (nSPS) is 19.2. The van der Waals surface area contributed by atoms with Gasteiger partial charge in [-0.3, -0.25) is 4.79 Å². The average Bonchev–Trinajstić information content (AvgIpc) is 2.44. The highest BCUT2D eigenvalue weighted by Crippen LogP contribution is 2.15. The summed E-state index contributed by atoms with van der Waals surface area (Å²) in [5.74, 6) is -2.02. The van der Waals surface area contributed by atoms with E-state index in [2.05, 4.69) is 5.32 Å². The van der Waals surface area contributed by atoms with Crippen molar-refractivity contribution < 1.29 is 13.6 Å². The number of halogens is 2. The van der Waals surface area contributed by atoms with Gasteiger partial charge in [0.1, 0.15) is 0 Å². The lowest BCUT2D eigenvalue weighted by atomic mass is 10.0. The molecule has 1 atom stereocenters. The molecule has 0 bridgehead atoms. The molecule has 2 rings (SSSR count). The molecule has 1 amide bonds. The molecule has 0 radical (unpaired) electrons.